The van der Waals surface area contributed by atoms with Crippen molar-refractivity contribution >= 4 is 5.91 Å². The van der Waals surface area contributed by atoms with Crippen LogP contribution in [0.5, 0.6) is 0 Å². The molecular formula is C16H22FN3O2. The Morgan fingerprint density at radius 3 is 3.00 bits per heavy atom. The van der Waals surface area contributed by atoms with E-state index in [9.17, 15) is 9.18 Å². The molecule has 0 saturated carbocycles. The van der Waals surface area contributed by atoms with Crippen LogP contribution in [0.4, 0.5) is 4.39 Å². The zero-order valence-corrected chi connectivity index (χ0v) is 12.9. The molecule has 6 heteroatoms. The molecule has 5 nitrogen and oxygen atoms in total. The van der Waals surface area contributed by atoms with Crippen LogP contribution in [-0.2, 0) is 16.1 Å². The second-order valence-corrected chi connectivity index (χ2v) is 6.20. The standard InChI is InChI=1S/C16H22FN3O2/c1-19-7-3-2-6-16(15(19)21)12-20(8-9-22-16)11-14-5-4-13(17)10-18-14/h4-5,10H,2-3,6-9,11-12H2,1H3. The van der Waals surface area contributed by atoms with Crippen molar-refractivity contribution in [2.45, 2.75) is 31.4 Å². The molecule has 1 amide bonds. The van der Waals surface area contributed by atoms with Gasteiger partial charge in [-0.3, -0.25) is 14.7 Å². The predicted octanol–water partition coefficient (Wildman–Crippen LogP) is 1.43. The number of ether oxygens (including phenoxy) is 1. The average Bonchev–Trinajstić information content (AvgIpc) is 2.64. The number of likely N-dealkylation sites (N-methyl/N-ethyl adjacent to an activating group) is 1. The van der Waals surface area contributed by atoms with Crippen molar-refractivity contribution in [3.8, 4) is 0 Å². The number of nitrogens with zero attached hydrogens (tertiary/aromatic N) is 3. The van der Waals surface area contributed by atoms with Crippen LogP contribution in [0.1, 0.15) is 25.0 Å². The summed E-state index contributed by atoms with van der Waals surface area (Å²) in [5, 5.41) is 0. The van der Waals surface area contributed by atoms with Gasteiger partial charge in [-0.2, -0.15) is 0 Å². The van der Waals surface area contributed by atoms with Gasteiger partial charge in [0, 0.05) is 33.2 Å². The minimum Gasteiger partial charge on any atom is -0.362 e. The molecule has 3 heterocycles. The fourth-order valence-corrected chi connectivity index (χ4v) is 3.32. The minimum absolute atomic E-state index is 0.0850. The van der Waals surface area contributed by atoms with E-state index in [-0.39, 0.29) is 11.7 Å². The number of hydrogen-bond donors (Lipinski definition) is 0. The van der Waals surface area contributed by atoms with Crippen molar-refractivity contribution in [3.05, 3.63) is 29.8 Å². The van der Waals surface area contributed by atoms with E-state index in [0.717, 1.165) is 38.0 Å². The maximum atomic E-state index is 12.9. The third-order valence-electron chi connectivity index (χ3n) is 4.50. The van der Waals surface area contributed by atoms with Crippen LogP contribution in [0.25, 0.3) is 0 Å². The van der Waals surface area contributed by atoms with Gasteiger partial charge in [0.25, 0.3) is 5.91 Å². The number of hydrogen-bond acceptors (Lipinski definition) is 4. The maximum absolute atomic E-state index is 12.9. The zero-order valence-electron chi connectivity index (χ0n) is 12.9. The molecule has 1 atom stereocenters. The van der Waals surface area contributed by atoms with Crippen LogP contribution in [-0.4, -0.2) is 59.6 Å². The summed E-state index contributed by atoms with van der Waals surface area (Å²) in [5.41, 5.74) is 0.0941. The van der Waals surface area contributed by atoms with E-state index in [0.29, 0.717) is 19.7 Å². The van der Waals surface area contributed by atoms with Crippen molar-refractivity contribution < 1.29 is 13.9 Å². The predicted molar refractivity (Wildman–Crippen MR) is 79.6 cm³/mol. The molecule has 2 fully saturated rings. The first-order valence-corrected chi connectivity index (χ1v) is 7.81. The molecule has 2 saturated heterocycles. The number of pyridine rings is 1. The smallest absolute Gasteiger partial charge is 0.255 e. The Hall–Kier alpha value is -1.53. The van der Waals surface area contributed by atoms with Crippen molar-refractivity contribution in [1.82, 2.24) is 14.8 Å². The van der Waals surface area contributed by atoms with Crippen molar-refractivity contribution in [3.63, 3.8) is 0 Å². The molecule has 3 rings (SSSR count). The fourth-order valence-electron chi connectivity index (χ4n) is 3.32. The molecule has 2 aliphatic heterocycles. The van der Waals surface area contributed by atoms with Crippen LogP contribution in [0.3, 0.4) is 0 Å². The minimum atomic E-state index is -0.719. The molecule has 2 aliphatic rings. The summed E-state index contributed by atoms with van der Waals surface area (Å²) in [6.45, 7) is 3.29. The summed E-state index contributed by atoms with van der Waals surface area (Å²) in [6, 6.07) is 3.11. The molecule has 0 aliphatic carbocycles. The topological polar surface area (TPSA) is 45.7 Å². The molecule has 1 aromatic heterocycles. The highest BCUT2D eigenvalue weighted by Gasteiger charge is 2.45. The van der Waals surface area contributed by atoms with E-state index in [1.54, 1.807) is 11.0 Å². The van der Waals surface area contributed by atoms with Crippen LogP contribution in [0.2, 0.25) is 0 Å². The highest BCUT2D eigenvalue weighted by Crippen LogP contribution is 2.29. The summed E-state index contributed by atoms with van der Waals surface area (Å²) < 4.78 is 18.9. The quantitative estimate of drug-likeness (QED) is 0.829. The molecule has 1 spiro atoms. The molecule has 0 radical (unpaired) electrons. The van der Waals surface area contributed by atoms with Crippen LogP contribution in [0.15, 0.2) is 18.3 Å². The van der Waals surface area contributed by atoms with Crippen LogP contribution in [0, 0.1) is 5.82 Å². The summed E-state index contributed by atoms with van der Waals surface area (Å²) in [7, 11) is 1.85. The van der Waals surface area contributed by atoms with E-state index >= 15 is 0 Å². The molecule has 120 valence electrons. The lowest BCUT2D eigenvalue weighted by molar-refractivity contribution is -0.170. The van der Waals surface area contributed by atoms with E-state index in [4.69, 9.17) is 4.74 Å². The van der Waals surface area contributed by atoms with Crippen molar-refractivity contribution in [2.75, 3.05) is 33.3 Å². The number of likely N-dealkylation sites (tertiary alicyclic amines) is 1. The monoisotopic (exact) mass is 307 g/mol. The van der Waals surface area contributed by atoms with E-state index in [1.807, 2.05) is 7.05 Å². The zero-order chi connectivity index (χ0) is 15.6. The van der Waals surface area contributed by atoms with Gasteiger partial charge in [-0.15, -0.1) is 0 Å². The van der Waals surface area contributed by atoms with Gasteiger partial charge in [0.15, 0.2) is 5.60 Å². The number of amides is 1. The summed E-state index contributed by atoms with van der Waals surface area (Å²) in [5.74, 6) is -0.246. The summed E-state index contributed by atoms with van der Waals surface area (Å²) >= 11 is 0. The SMILES string of the molecule is CN1CCCCC2(CN(Cc3ccc(F)cn3)CCO2)C1=O. The Kier molecular flexibility index (Phi) is 4.40. The van der Waals surface area contributed by atoms with Gasteiger partial charge in [0.2, 0.25) is 0 Å². The number of morpholine rings is 1. The number of carbonyl (C=O) groups excluding carboxylic acids is 1. The highest BCUT2D eigenvalue weighted by molar-refractivity contribution is 5.85. The molecule has 1 unspecified atom stereocenters. The molecular weight excluding hydrogens is 285 g/mol. The van der Waals surface area contributed by atoms with Gasteiger partial charge >= 0.3 is 0 Å². The average molecular weight is 307 g/mol. The highest BCUT2D eigenvalue weighted by atomic mass is 19.1. The first-order valence-electron chi connectivity index (χ1n) is 7.81. The molecule has 0 aromatic carbocycles. The maximum Gasteiger partial charge on any atom is 0.255 e. The van der Waals surface area contributed by atoms with E-state index < -0.39 is 5.60 Å². The van der Waals surface area contributed by atoms with Gasteiger partial charge < -0.3 is 9.64 Å². The molecule has 0 N–H and O–H groups in total. The lowest BCUT2D eigenvalue weighted by atomic mass is 9.94. The van der Waals surface area contributed by atoms with Crippen LogP contribution >= 0.6 is 0 Å². The number of halogens is 1. The molecule has 1 aromatic rings. The first-order chi connectivity index (χ1) is 10.6. The fraction of sp³-hybridized carbons (Fsp3) is 0.625. The van der Waals surface area contributed by atoms with Gasteiger partial charge in [0.1, 0.15) is 5.82 Å². The van der Waals surface area contributed by atoms with Crippen molar-refractivity contribution in [1.29, 1.82) is 0 Å². The summed E-state index contributed by atoms with van der Waals surface area (Å²) in [6.07, 6.45) is 4.02. The van der Waals surface area contributed by atoms with E-state index in [1.165, 1.54) is 12.3 Å². The normalized spacial score (nSPS) is 27.2. The Labute approximate surface area is 130 Å². The largest absolute Gasteiger partial charge is 0.362 e. The Morgan fingerprint density at radius 2 is 2.23 bits per heavy atom. The third-order valence-corrected chi connectivity index (χ3v) is 4.50. The Bertz CT molecular complexity index is 537. The van der Waals surface area contributed by atoms with Gasteiger partial charge in [-0.25, -0.2) is 4.39 Å². The number of rotatable bonds is 2. The second-order valence-electron chi connectivity index (χ2n) is 6.20. The van der Waals surface area contributed by atoms with Gasteiger partial charge in [-0.05, 0) is 31.4 Å². The van der Waals surface area contributed by atoms with Gasteiger partial charge in [0.05, 0.1) is 18.5 Å². The van der Waals surface area contributed by atoms with Gasteiger partial charge in [-0.1, -0.05) is 0 Å². The first kappa shape index (κ1) is 15.4. The molecule has 0 bridgehead atoms. The lowest BCUT2D eigenvalue weighted by Crippen LogP contribution is -2.59. The van der Waals surface area contributed by atoms with E-state index in [2.05, 4.69) is 9.88 Å². The van der Waals surface area contributed by atoms with Crippen molar-refractivity contribution in [2.24, 2.45) is 0 Å². The Morgan fingerprint density at radius 1 is 1.36 bits per heavy atom. The summed E-state index contributed by atoms with van der Waals surface area (Å²) in [4.78, 5) is 20.7. The second kappa shape index (κ2) is 6.30. The number of aromatic nitrogens is 1. The number of carbonyl (C=O) groups is 1. The lowest BCUT2D eigenvalue weighted by Gasteiger charge is -2.42. The Balaban J connectivity index is 1.72. The third kappa shape index (κ3) is 3.13. The molecule has 22 heavy (non-hydrogen) atoms. The van der Waals surface area contributed by atoms with Crippen LogP contribution < -0.4 is 0 Å².